The van der Waals surface area contributed by atoms with Gasteiger partial charge in [0.1, 0.15) is 17.1 Å². The van der Waals surface area contributed by atoms with Crippen molar-refractivity contribution in [2.45, 2.75) is 0 Å². The zero-order valence-electron chi connectivity index (χ0n) is 12.5. The summed E-state index contributed by atoms with van der Waals surface area (Å²) in [5, 5.41) is 2.94. The molecule has 1 aromatic heterocycles. The van der Waals surface area contributed by atoms with Crippen LogP contribution in [0.25, 0.3) is 22.3 Å². The summed E-state index contributed by atoms with van der Waals surface area (Å²) in [7, 11) is 1.54. The first-order valence-electron chi connectivity index (χ1n) is 7.14. The zero-order chi connectivity index (χ0) is 16.2. The molecule has 1 amide bonds. The van der Waals surface area contributed by atoms with E-state index < -0.39 is 0 Å². The number of nitrogens with one attached hydrogen (secondary N) is 1. The molecule has 0 saturated carbocycles. The predicted octanol–water partition coefficient (Wildman–Crippen LogP) is 2.58. The number of hydrogen-bond donors (Lipinski definition) is 1. The Morgan fingerprint density at radius 2 is 1.91 bits per heavy atom. The van der Waals surface area contributed by atoms with E-state index in [1.165, 1.54) is 13.1 Å². The summed E-state index contributed by atoms with van der Waals surface area (Å²) in [6, 6.07) is 15.8. The standard InChI is InChI=1S/C18H15NO4/c1-19-18(21)11-22-13-7-8-14-15(20)10-16(23-17(14)9-13)12-5-3-2-4-6-12/h2-10H,11H2,1H3,(H,19,21). The van der Waals surface area contributed by atoms with E-state index in [9.17, 15) is 9.59 Å². The number of amides is 1. The molecule has 3 rings (SSSR count). The average molecular weight is 309 g/mol. The van der Waals surface area contributed by atoms with Crippen molar-refractivity contribution in [2.75, 3.05) is 13.7 Å². The summed E-state index contributed by atoms with van der Waals surface area (Å²) in [5.41, 5.74) is 1.12. The summed E-state index contributed by atoms with van der Waals surface area (Å²) >= 11 is 0. The van der Waals surface area contributed by atoms with Crippen LogP contribution in [0.1, 0.15) is 0 Å². The molecule has 3 aromatic rings. The van der Waals surface area contributed by atoms with Crippen LogP contribution in [0.4, 0.5) is 0 Å². The average Bonchev–Trinajstić information content (AvgIpc) is 2.60. The molecule has 0 unspecified atom stereocenters. The third-order valence-electron chi connectivity index (χ3n) is 3.41. The molecule has 1 heterocycles. The zero-order valence-corrected chi connectivity index (χ0v) is 12.5. The topological polar surface area (TPSA) is 68.5 Å². The van der Waals surface area contributed by atoms with Crippen LogP contribution < -0.4 is 15.5 Å². The second-order valence-electron chi connectivity index (χ2n) is 4.96. The Labute approximate surface area is 132 Å². The van der Waals surface area contributed by atoms with Crippen molar-refractivity contribution in [2.24, 2.45) is 0 Å². The Bertz CT molecular complexity index is 900. The third-order valence-corrected chi connectivity index (χ3v) is 3.41. The minimum atomic E-state index is -0.232. The van der Waals surface area contributed by atoms with Crippen LogP contribution in [-0.2, 0) is 4.79 Å². The normalized spacial score (nSPS) is 10.5. The molecular weight excluding hydrogens is 294 g/mol. The van der Waals surface area contributed by atoms with Gasteiger partial charge in [-0.15, -0.1) is 0 Å². The van der Waals surface area contributed by atoms with E-state index in [0.717, 1.165) is 5.56 Å². The second-order valence-corrected chi connectivity index (χ2v) is 4.96. The quantitative estimate of drug-likeness (QED) is 0.804. The first kappa shape index (κ1) is 14.8. The predicted molar refractivity (Wildman–Crippen MR) is 87.5 cm³/mol. The lowest BCUT2D eigenvalue weighted by molar-refractivity contribution is -0.122. The molecule has 2 aromatic carbocycles. The number of hydrogen-bond acceptors (Lipinski definition) is 4. The lowest BCUT2D eigenvalue weighted by Crippen LogP contribution is -2.24. The van der Waals surface area contributed by atoms with Crippen molar-refractivity contribution in [3.05, 3.63) is 64.8 Å². The molecule has 0 aliphatic heterocycles. The molecule has 0 fully saturated rings. The summed E-state index contributed by atoms with van der Waals surface area (Å²) < 4.78 is 11.2. The Hall–Kier alpha value is -3.08. The highest BCUT2D eigenvalue weighted by molar-refractivity contribution is 5.80. The van der Waals surface area contributed by atoms with E-state index in [1.807, 2.05) is 30.3 Å². The first-order chi connectivity index (χ1) is 11.2. The van der Waals surface area contributed by atoms with Crippen molar-refractivity contribution in [1.82, 2.24) is 5.32 Å². The monoisotopic (exact) mass is 309 g/mol. The molecule has 116 valence electrons. The van der Waals surface area contributed by atoms with Crippen LogP contribution in [0.15, 0.2) is 63.8 Å². The molecule has 23 heavy (non-hydrogen) atoms. The molecule has 0 atom stereocenters. The van der Waals surface area contributed by atoms with Gasteiger partial charge in [0.2, 0.25) is 0 Å². The highest BCUT2D eigenvalue weighted by atomic mass is 16.5. The van der Waals surface area contributed by atoms with Crippen LogP contribution in [-0.4, -0.2) is 19.6 Å². The van der Waals surface area contributed by atoms with E-state index in [4.69, 9.17) is 9.15 Å². The molecule has 5 nitrogen and oxygen atoms in total. The maximum absolute atomic E-state index is 12.2. The number of likely N-dealkylation sites (N-methyl/N-ethyl adjacent to an activating group) is 1. The molecule has 0 aliphatic rings. The fourth-order valence-electron chi connectivity index (χ4n) is 2.19. The first-order valence-corrected chi connectivity index (χ1v) is 7.14. The van der Waals surface area contributed by atoms with Gasteiger partial charge in [-0.25, -0.2) is 0 Å². The summed E-state index contributed by atoms with van der Waals surface area (Å²) in [4.78, 5) is 23.5. The maximum Gasteiger partial charge on any atom is 0.257 e. The minimum Gasteiger partial charge on any atom is -0.484 e. The van der Waals surface area contributed by atoms with Gasteiger partial charge in [-0.3, -0.25) is 9.59 Å². The molecule has 0 saturated heterocycles. The summed E-state index contributed by atoms with van der Waals surface area (Å²) in [6.45, 7) is -0.0926. The molecular formula is C18H15NO4. The highest BCUT2D eigenvalue weighted by Gasteiger charge is 2.08. The van der Waals surface area contributed by atoms with Crippen LogP contribution in [0.5, 0.6) is 5.75 Å². The minimum absolute atomic E-state index is 0.0926. The fraction of sp³-hybridized carbons (Fsp3) is 0.111. The smallest absolute Gasteiger partial charge is 0.257 e. The Balaban J connectivity index is 2.00. The largest absolute Gasteiger partial charge is 0.484 e. The lowest BCUT2D eigenvalue weighted by Gasteiger charge is -2.07. The van der Waals surface area contributed by atoms with Gasteiger partial charge in [-0.05, 0) is 12.1 Å². The van der Waals surface area contributed by atoms with Gasteiger partial charge in [0, 0.05) is 24.7 Å². The van der Waals surface area contributed by atoms with Gasteiger partial charge in [0.15, 0.2) is 12.0 Å². The number of fused-ring (bicyclic) bond motifs is 1. The molecule has 1 N–H and O–H groups in total. The number of carbonyl (C=O) groups is 1. The van der Waals surface area contributed by atoms with Crippen LogP contribution >= 0.6 is 0 Å². The van der Waals surface area contributed by atoms with Gasteiger partial charge >= 0.3 is 0 Å². The van der Waals surface area contributed by atoms with Crippen LogP contribution in [0.2, 0.25) is 0 Å². The van der Waals surface area contributed by atoms with Gasteiger partial charge in [-0.1, -0.05) is 30.3 Å². The van der Waals surface area contributed by atoms with E-state index in [0.29, 0.717) is 22.5 Å². The number of rotatable bonds is 4. The van der Waals surface area contributed by atoms with Gasteiger partial charge in [0.25, 0.3) is 5.91 Å². The van der Waals surface area contributed by atoms with E-state index in [-0.39, 0.29) is 17.9 Å². The summed E-state index contributed by atoms with van der Waals surface area (Å²) in [5.74, 6) is 0.727. The van der Waals surface area contributed by atoms with Crippen molar-refractivity contribution in [1.29, 1.82) is 0 Å². The second kappa shape index (κ2) is 6.36. The number of carbonyl (C=O) groups excluding carboxylic acids is 1. The van der Waals surface area contributed by atoms with Crippen LogP contribution in [0, 0.1) is 0 Å². The number of ether oxygens (including phenoxy) is 1. The third kappa shape index (κ3) is 3.23. The van der Waals surface area contributed by atoms with Crippen LogP contribution in [0.3, 0.4) is 0 Å². The maximum atomic E-state index is 12.2. The lowest BCUT2D eigenvalue weighted by atomic mass is 10.1. The van der Waals surface area contributed by atoms with E-state index in [1.54, 1.807) is 18.2 Å². The Morgan fingerprint density at radius 1 is 1.13 bits per heavy atom. The van der Waals surface area contributed by atoms with Crippen molar-refractivity contribution >= 4 is 16.9 Å². The highest BCUT2D eigenvalue weighted by Crippen LogP contribution is 2.24. The SMILES string of the molecule is CNC(=O)COc1ccc2c(=O)cc(-c3ccccc3)oc2c1. The molecule has 0 aliphatic carbocycles. The van der Waals surface area contributed by atoms with Crippen molar-refractivity contribution in [3.8, 4) is 17.1 Å². The van der Waals surface area contributed by atoms with Crippen molar-refractivity contribution < 1.29 is 13.9 Å². The van der Waals surface area contributed by atoms with E-state index >= 15 is 0 Å². The van der Waals surface area contributed by atoms with Crippen molar-refractivity contribution in [3.63, 3.8) is 0 Å². The molecule has 0 spiro atoms. The van der Waals surface area contributed by atoms with Gasteiger partial charge in [-0.2, -0.15) is 0 Å². The number of benzene rings is 2. The Kier molecular flexibility index (Phi) is 4.10. The molecule has 0 bridgehead atoms. The van der Waals surface area contributed by atoms with Gasteiger partial charge in [0.05, 0.1) is 5.39 Å². The van der Waals surface area contributed by atoms with Gasteiger partial charge < -0.3 is 14.5 Å². The molecule has 5 heteroatoms. The molecule has 0 radical (unpaired) electrons. The summed E-state index contributed by atoms with van der Waals surface area (Å²) in [6.07, 6.45) is 0. The Morgan fingerprint density at radius 3 is 2.65 bits per heavy atom. The fourth-order valence-corrected chi connectivity index (χ4v) is 2.19. The van der Waals surface area contributed by atoms with E-state index in [2.05, 4.69) is 5.32 Å².